The first-order valence-electron chi connectivity index (χ1n) is 13.9. The number of amidine groups is 1. The summed E-state index contributed by atoms with van der Waals surface area (Å²) in [6.07, 6.45) is 5.36. The minimum absolute atomic E-state index is 0.208. The number of unbranched alkanes of at least 4 members (excludes halogenated alkanes) is 2. The average Bonchev–Trinajstić information content (AvgIpc) is 2.81. The van der Waals surface area contributed by atoms with Gasteiger partial charge in [0.25, 0.3) is 0 Å². The number of carbonyl (C=O) groups is 1. The number of hydrogen-bond acceptors (Lipinski definition) is 7. The van der Waals surface area contributed by atoms with Crippen LogP contribution in [-0.4, -0.2) is 58.5 Å². The van der Waals surface area contributed by atoms with Gasteiger partial charge in [0, 0.05) is 25.3 Å². The molecule has 0 amide bonds. The van der Waals surface area contributed by atoms with Crippen molar-refractivity contribution in [1.82, 2.24) is 0 Å². The molecule has 9 heteroatoms. The van der Waals surface area contributed by atoms with E-state index in [0.717, 1.165) is 54.1 Å². The van der Waals surface area contributed by atoms with E-state index in [1.807, 2.05) is 31.0 Å². The molecule has 2 unspecified atom stereocenters. The van der Waals surface area contributed by atoms with Gasteiger partial charge in [-0.3, -0.25) is 9.79 Å². The van der Waals surface area contributed by atoms with E-state index in [-0.39, 0.29) is 17.0 Å². The number of hydrogen-bond donors (Lipinski definition) is 0. The average molecular weight is 595 g/mol. The minimum atomic E-state index is -1.67. The van der Waals surface area contributed by atoms with Crippen LogP contribution in [0.25, 0.3) is 0 Å². The molecule has 38 heavy (non-hydrogen) atoms. The van der Waals surface area contributed by atoms with Crippen LogP contribution in [0.2, 0.25) is 43.8 Å². The number of aliphatic imine (C=N–C) groups is 2. The second kappa shape index (κ2) is 14.7. The molecular formula is C29H50N2O3S2Si2. The molecule has 1 heterocycles. The van der Waals surface area contributed by atoms with Gasteiger partial charge in [-0.15, -0.1) is 11.8 Å². The van der Waals surface area contributed by atoms with Gasteiger partial charge in [0.1, 0.15) is 5.92 Å². The van der Waals surface area contributed by atoms with Crippen molar-refractivity contribution < 1.29 is 14.0 Å². The summed E-state index contributed by atoms with van der Waals surface area (Å²) in [5, 5.41) is 0.978. The molecule has 0 saturated heterocycles. The summed E-state index contributed by atoms with van der Waals surface area (Å²) >= 11 is 3.38. The van der Waals surface area contributed by atoms with Crippen LogP contribution in [0, 0.1) is 5.92 Å². The molecule has 5 nitrogen and oxygen atoms in total. The predicted octanol–water partition coefficient (Wildman–Crippen LogP) is 8.70. The Morgan fingerprint density at radius 3 is 2.34 bits per heavy atom. The predicted molar refractivity (Wildman–Crippen MR) is 174 cm³/mol. The van der Waals surface area contributed by atoms with Crippen LogP contribution < -0.4 is 0 Å². The first-order valence-corrected chi connectivity index (χ1v) is 22.7. The van der Waals surface area contributed by atoms with Gasteiger partial charge in [-0.1, -0.05) is 76.8 Å². The van der Waals surface area contributed by atoms with Crippen molar-refractivity contribution in [3.8, 4) is 0 Å². The molecule has 0 saturated carbocycles. The van der Waals surface area contributed by atoms with E-state index >= 15 is 0 Å². The monoisotopic (exact) mass is 594 g/mol. The zero-order chi connectivity index (χ0) is 28.6. The van der Waals surface area contributed by atoms with Crippen molar-refractivity contribution in [2.75, 3.05) is 25.2 Å². The highest BCUT2D eigenvalue weighted by atomic mass is 32.2. The van der Waals surface area contributed by atoms with Gasteiger partial charge < -0.3 is 9.16 Å². The smallest absolute Gasteiger partial charge is 0.317 e. The Kier molecular flexibility index (Phi) is 12.9. The summed E-state index contributed by atoms with van der Waals surface area (Å²) in [5.41, 5.74) is 1.88. The van der Waals surface area contributed by atoms with E-state index < -0.39 is 22.3 Å². The van der Waals surface area contributed by atoms with Crippen LogP contribution in [0.3, 0.4) is 0 Å². The maximum Gasteiger partial charge on any atom is 0.317 e. The lowest BCUT2D eigenvalue weighted by atomic mass is 9.89. The van der Waals surface area contributed by atoms with Crippen LogP contribution in [0.4, 0.5) is 0 Å². The van der Waals surface area contributed by atoms with E-state index in [2.05, 4.69) is 76.7 Å². The second-order valence-electron chi connectivity index (χ2n) is 12.8. The van der Waals surface area contributed by atoms with Gasteiger partial charge in [-0.25, -0.2) is 4.99 Å². The number of carbonyl (C=O) groups excluding carboxylic acids is 1. The van der Waals surface area contributed by atoms with Crippen LogP contribution in [0.1, 0.15) is 58.6 Å². The van der Waals surface area contributed by atoms with Crippen LogP contribution >= 0.6 is 23.5 Å². The quantitative estimate of drug-likeness (QED) is 0.0989. The summed E-state index contributed by atoms with van der Waals surface area (Å²) in [6, 6.07) is 9.03. The highest BCUT2D eigenvalue weighted by molar-refractivity contribution is 8.13. The summed E-state index contributed by atoms with van der Waals surface area (Å²) in [6.45, 7) is 21.6. The highest BCUT2D eigenvalue weighted by Gasteiger charge is 2.38. The first kappa shape index (κ1) is 33.3. The van der Waals surface area contributed by atoms with Gasteiger partial charge >= 0.3 is 5.97 Å². The van der Waals surface area contributed by atoms with Crippen molar-refractivity contribution in [2.24, 2.45) is 15.9 Å². The van der Waals surface area contributed by atoms with Crippen LogP contribution in [-0.2, 0) is 14.0 Å². The third-order valence-electron chi connectivity index (χ3n) is 7.37. The van der Waals surface area contributed by atoms with Gasteiger partial charge in [0.15, 0.2) is 13.5 Å². The van der Waals surface area contributed by atoms with E-state index in [1.165, 1.54) is 16.7 Å². The molecule has 0 spiro atoms. The molecule has 214 valence electrons. The maximum atomic E-state index is 13.3. The SMILES string of the molecule is CSC1=NC(c2ccccc2SCCCCCO[Si](C)(C)C(C)(C)C)C(C(=O)OCC[Si](C)(C)C)C(C)=N1. The molecule has 0 aromatic heterocycles. The van der Waals surface area contributed by atoms with Crippen LogP contribution in [0.15, 0.2) is 39.1 Å². The number of rotatable bonds is 13. The van der Waals surface area contributed by atoms with E-state index in [4.69, 9.17) is 14.2 Å². The van der Waals surface area contributed by atoms with E-state index in [9.17, 15) is 4.79 Å². The lowest BCUT2D eigenvalue weighted by molar-refractivity contribution is -0.146. The van der Waals surface area contributed by atoms with Crippen molar-refractivity contribution in [3.63, 3.8) is 0 Å². The summed E-state index contributed by atoms with van der Waals surface area (Å²) in [7, 11) is -2.96. The zero-order valence-corrected chi connectivity index (χ0v) is 29.0. The lowest BCUT2D eigenvalue weighted by Crippen LogP contribution is -2.40. The Morgan fingerprint density at radius 1 is 1.03 bits per heavy atom. The zero-order valence-electron chi connectivity index (χ0n) is 25.3. The fourth-order valence-corrected chi connectivity index (χ4v) is 7.18. The van der Waals surface area contributed by atoms with Crippen LogP contribution in [0.5, 0.6) is 0 Å². The molecule has 0 aliphatic carbocycles. The fourth-order valence-electron chi connectivity index (χ4n) is 3.83. The standard InChI is InChI=1S/C29H50N2O3S2Si2/c1-22-25(27(32)33-19-21-37(6,7)8)26(31-28(30-22)35-5)23-16-12-13-17-24(23)36-20-15-11-14-18-34-38(9,10)29(2,3)4/h12-13,16-17,25-26H,11,14-15,18-21H2,1-10H3. The number of benzene rings is 1. The molecule has 1 aromatic rings. The molecular weight excluding hydrogens is 545 g/mol. The Morgan fingerprint density at radius 2 is 1.71 bits per heavy atom. The number of esters is 1. The Labute approximate surface area is 242 Å². The summed E-state index contributed by atoms with van der Waals surface area (Å²) in [4.78, 5) is 24.0. The van der Waals surface area contributed by atoms with Crippen molar-refractivity contribution in [1.29, 1.82) is 0 Å². The topological polar surface area (TPSA) is 60.2 Å². The third kappa shape index (κ3) is 10.3. The molecule has 1 aliphatic rings. The molecule has 1 aliphatic heterocycles. The fraction of sp³-hybridized carbons (Fsp3) is 0.690. The van der Waals surface area contributed by atoms with Gasteiger partial charge in [0.05, 0.1) is 12.6 Å². The molecule has 0 bridgehead atoms. The van der Waals surface area contributed by atoms with E-state index in [0.29, 0.717) is 6.61 Å². The normalized spacial score (nSPS) is 18.7. The second-order valence-corrected chi connectivity index (χ2v) is 25.2. The molecule has 2 atom stereocenters. The summed E-state index contributed by atoms with van der Waals surface area (Å²) < 4.78 is 12.1. The molecule has 1 aromatic carbocycles. The van der Waals surface area contributed by atoms with Gasteiger partial charge in [-0.2, -0.15) is 0 Å². The Bertz CT molecular complexity index is 985. The minimum Gasteiger partial charge on any atom is -0.465 e. The van der Waals surface area contributed by atoms with Crippen molar-refractivity contribution in [3.05, 3.63) is 29.8 Å². The Hall–Kier alpha value is -0.876. The van der Waals surface area contributed by atoms with Gasteiger partial charge in [0.2, 0.25) is 0 Å². The molecule has 0 N–H and O–H groups in total. The first-order chi connectivity index (χ1) is 17.7. The molecule has 0 fully saturated rings. The third-order valence-corrected chi connectivity index (χ3v) is 15.4. The number of nitrogens with zero attached hydrogens (tertiary/aromatic N) is 2. The van der Waals surface area contributed by atoms with E-state index in [1.54, 1.807) is 0 Å². The largest absolute Gasteiger partial charge is 0.465 e. The Balaban J connectivity index is 2.03. The lowest BCUT2D eigenvalue weighted by Gasteiger charge is -2.36. The van der Waals surface area contributed by atoms with Gasteiger partial charge in [-0.05, 0) is 67.6 Å². The number of thioether (sulfide) groups is 2. The van der Waals surface area contributed by atoms with Crippen molar-refractivity contribution >= 4 is 56.8 Å². The van der Waals surface area contributed by atoms with Crippen molar-refractivity contribution in [2.45, 2.75) is 102 Å². The maximum absolute atomic E-state index is 13.3. The summed E-state index contributed by atoms with van der Waals surface area (Å²) in [5.74, 6) is 0.336. The molecule has 2 rings (SSSR count). The highest BCUT2D eigenvalue weighted by Crippen LogP contribution is 2.39. The number of ether oxygens (including phenoxy) is 1. The molecule has 0 radical (unpaired) electrons.